The van der Waals surface area contributed by atoms with Gasteiger partial charge in [-0.05, 0) is 43.4 Å². The van der Waals surface area contributed by atoms with E-state index in [1.807, 2.05) is 21.9 Å². The van der Waals surface area contributed by atoms with Crippen LogP contribution in [0.3, 0.4) is 0 Å². The molecular weight excluding hydrogens is 344 g/mol. The first-order chi connectivity index (χ1) is 13.0. The Morgan fingerprint density at radius 2 is 1.85 bits per heavy atom. The maximum absolute atomic E-state index is 12.9. The summed E-state index contributed by atoms with van der Waals surface area (Å²) in [5.41, 5.74) is 0.665. The molecule has 3 fully saturated rings. The fourth-order valence-electron chi connectivity index (χ4n) is 4.71. The van der Waals surface area contributed by atoms with Crippen molar-refractivity contribution in [1.82, 2.24) is 9.80 Å². The molecule has 6 heteroatoms. The van der Waals surface area contributed by atoms with Gasteiger partial charge in [-0.25, -0.2) is 0 Å². The van der Waals surface area contributed by atoms with Crippen LogP contribution < -0.4 is 9.47 Å². The summed E-state index contributed by atoms with van der Waals surface area (Å²) in [5.74, 6) is 2.16. The van der Waals surface area contributed by atoms with Crippen LogP contribution in [0.25, 0.3) is 0 Å². The van der Waals surface area contributed by atoms with E-state index in [1.54, 1.807) is 20.1 Å². The summed E-state index contributed by atoms with van der Waals surface area (Å²) in [6.45, 7) is 3.93. The van der Waals surface area contributed by atoms with Crippen molar-refractivity contribution in [2.24, 2.45) is 5.92 Å². The Kier molecular flexibility index (Phi) is 4.98. The Morgan fingerprint density at radius 1 is 1.07 bits per heavy atom. The highest BCUT2D eigenvalue weighted by Crippen LogP contribution is 2.39. The summed E-state index contributed by atoms with van der Waals surface area (Å²) in [4.78, 5) is 28.2. The van der Waals surface area contributed by atoms with Crippen molar-refractivity contribution in [3.63, 3.8) is 0 Å². The predicted molar refractivity (Wildman–Crippen MR) is 101 cm³/mol. The van der Waals surface area contributed by atoms with Gasteiger partial charge in [-0.2, -0.15) is 0 Å². The number of ether oxygens (including phenoxy) is 2. The van der Waals surface area contributed by atoms with Gasteiger partial charge in [0, 0.05) is 51.0 Å². The molecule has 2 atom stereocenters. The first-order valence-electron chi connectivity index (χ1n) is 9.96. The molecule has 2 heterocycles. The van der Waals surface area contributed by atoms with Crippen LogP contribution in [0, 0.1) is 5.92 Å². The van der Waals surface area contributed by atoms with Crippen molar-refractivity contribution in [3.05, 3.63) is 23.8 Å². The van der Waals surface area contributed by atoms with Gasteiger partial charge in [0.25, 0.3) is 5.91 Å². The monoisotopic (exact) mass is 372 g/mol. The van der Waals surface area contributed by atoms with Gasteiger partial charge < -0.3 is 19.3 Å². The molecule has 2 bridgehead atoms. The largest absolute Gasteiger partial charge is 0.493 e. The second kappa shape index (κ2) is 7.41. The highest BCUT2D eigenvalue weighted by molar-refractivity contribution is 5.95. The standard InChI is InChI=1S/C21H28N2O4/c1-14(24)22-9-7-18(8-10-22)27-19-6-4-16(12-20(19)26-2)21(25)23-13-15-3-5-17(23)11-15/h4,6,12,15,17-18H,3,5,7-11,13H2,1-2H3/t15-,17-/m0/s1. The minimum atomic E-state index is 0.0605. The molecule has 3 aliphatic rings. The third-order valence-corrected chi connectivity index (χ3v) is 6.26. The average Bonchev–Trinajstić information content (AvgIpc) is 3.31. The molecule has 6 nitrogen and oxygen atoms in total. The Labute approximate surface area is 160 Å². The van der Waals surface area contributed by atoms with Crippen LogP contribution in [0.2, 0.25) is 0 Å². The van der Waals surface area contributed by atoms with Crippen molar-refractivity contribution in [1.29, 1.82) is 0 Å². The number of hydrogen-bond donors (Lipinski definition) is 0. The lowest BCUT2D eigenvalue weighted by Gasteiger charge is -2.32. The zero-order valence-electron chi connectivity index (χ0n) is 16.1. The van der Waals surface area contributed by atoms with Gasteiger partial charge in [0.15, 0.2) is 11.5 Å². The summed E-state index contributed by atoms with van der Waals surface area (Å²) in [6, 6.07) is 5.90. The van der Waals surface area contributed by atoms with Crippen LogP contribution in [0.5, 0.6) is 11.5 Å². The van der Waals surface area contributed by atoms with Crippen molar-refractivity contribution in [2.45, 2.75) is 51.2 Å². The van der Waals surface area contributed by atoms with Crippen molar-refractivity contribution in [3.8, 4) is 11.5 Å². The quantitative estimate of drug-likeness (QED) is 0.815. The number of rotatable bonds is 4. The first-order valence-corrected chi connectivity index (χ1v) is 9.96. The number of benzene rings is 1. The Balaban J connectivity index is 1.42. The second-order valence-electron chi connectivity index (χ2n) is 7.98. The lowest BCUT2D eigenvalue weighted by atomic mass is 10.1. The number of carbonyl (C=O) groups is 2. The molecule has 0 N–H and O–H groups in total. The third-order valence-electron chi connectivity index (χ3n) is 6.26. The van der Waals surface area contributed by atoms with Gasteiger partial charge in [0.05, 0.1) is 7.11 Å². The molecular formula is C21H28N2O4. The maximum atomic E-state index is 12.9. The van der Waals surface area contributed by atoms with E-state index in [0.717, 1.165) is 45.3 Å². The first kappa shape index (κ1) is 18.1. The molecule has 4 rings (SSSR count). The van der Waals surface area contributed by atoms with Gasteiger partial charge in [-0.1, -0.05) is 0 Å². The average molecular weight is 372 g/mol. The molecule has 1 aromatic carbocycles. The molecule has 146 valence electrons. The number of fused-ring (bicyclic) bond motifs is 2. The number of hydrogen-bond acceptors (Lipinski definition) is 4. The minimum Gasteiger partial charge on any atom is -0.493 e. The zero-order valence-corrected chi connectivity index (χ0v) is 16.1. The maximum Gasteiger partial charge on any atom is 0.254 e. The molecule has 2 saturated heterocycles. The van der Waals surface area contributed by atoms with Crippen molar-refractivity contribution >= 4 is 11.8 Å². The molecule has 0 aromatic heterocycles. The predicted octanol–water partition coefficient (Wildman–Crippen LogP) is 2.71. The third kappa shape index (κ3) is 3.62. The molecule has 1 aromatic rings. The minimum absolute atomic E-state index is 0.0605. The second-order valence-corrected chi connectivity index (χ2v) is 7.98. The topological polar surface area (TPSA) is 59.1 Å². The van der Waals surface area contributed by atoms with Crippen LogP contribution in [-0.4, -0.2) is 60.5 Å². The Hall–Kier alpha value is -2.24. The molecule has 27 heavy (non-hydrogen) atoms. The summed E-state index contributed by atoms with van der Waals surface area (Å²) in [5, 5.41) is 0. The van der Waals surface area contributed by atoms with Crippen molar-refractivity contribution in [2.75, 3.05) is 26.7 Å². The fourth-order valence-corrected chi connectivity index (χ4v) is 4.71. The zero-order chi connectivity index (χ0) is 19.0. The highest BCUT2D eigenvalue weighted by atomic mass is 16.5. The van der Waals surface area contributed by atoms with E-state index in [9.17, 15) is 9.59 Å². The van der Waals surface area contributed by atoms with E-state index < -0.39 is 0 Å². The summed E-state index contributed by atoms with van der Waals surface area (Å²) in [7, 11) is 1.60. The smallest absolute Gasteiger partial charge is 0.254 e. The molecule has 1 saturated carbocycles. The Bertz CT molecular complexity index is 727. The van der Waals surface area contributed by atoms with E-state index in [1.165, 1.54) is 6.42 Å². The van der Waals surface area contributed by atoms with Crippen LogP contribution in [-0.2, 0) is 4.79 Å². The van der Waals surface area contributed by atoms with Crippen LogP contribution in [0.15, 0.2) is 18.2 Å². The van der Waals surface area contributed by atoms with Crippen LogP contribution >= 0.6 is 0 Å². The number of nitrogens with zero attached hydrogens (tertiary/aromatic N) is 2. The number of carbonyl (C=O) groups excluding carboxylic acids is 2. The number of piperidine rings is 2. The van der Waals surface area contributed by atoms with E-state index in [-0.39, 0.29) is 17.9 Å². The van der Waals surface area contributed by atoms with Gasteiger partial charge in [-0.3, -0.25) is 9.59 Å². The van der Waals surface area contributed by atoms with E-state index in [2.05, 4.69) is 0 Å². The molecule has 0 radical (unpaired) electrons. The van der Waals surface area contributed by atoms with Gasteiger partial charge in [0.1, 0.15) is 6.10 Å². The highest BCUT2D eigenvalue weighted by Gasteiger charge is 2.40. The van der Waals surface area contributed by atoms with Crippen molar-refractivity contribution < 1.29 is 19.1 Å². The van der Waals surface area contributed by atoms with Crippen LogP contribution in [0.1, 0.15) is 49.4 Å². The van der Waals surface area contributed by atoms with E-state index >= 15 is 0 Å². The lowest BCUT2D eigenvalue weighted by molar-refractivity contribution is -0.130. The molecule has 0 spiro atoms. The molecule has 1 aliphatic carbocycles. The number of likely N-dealkylation sites (tertiary alicyclic amines) is 2. The molecule has 2 aliphatic heterocycles. The summed E-state index contributed by atoms with van der Waals surface area (Å²) < 4.78 is 11.6. The van der Waals surface area contributed by atoms with Gasteiger partial charge in [-0.15, -0.1) is 0 Å². The van der Waals surface area contributed by atoms with Gasteiger partial charge in [0.2, 0.25) is 5.91 Å². The lowest BCUT2D eigenvalue weighted by Crippen LogP contribution is -2.40. The Morgan fingerprint density at radius 3 is 2.44 bits per heavy atom. The number of methoxy groups -OCH3 is 1. The fraction of sp³-hybridized carbons (Fsp3) is 0.619. The summed E-state index contributed by atoms with van der Waals surface area (Å²) >= 11 is 0. The SMILES string of the molecule is COc1cc(C(=O)N2C[C@H]3CC[C@H]2C3)ccc1OC1CCN(C(C)=O)CC1. The normalized spacial score (nSPS) is 25.0. The van der Waals surface area contributed by atoms with E-state index in [0.29, 0.717) is 29.0 Å². The van der Waals surface area contributed by atoms with Crippen LogP contribution in [0.4, 0.5) is 0 Å². The number of amides is 2. The van der Waals surface area contributed by atoms with Gasteiger partial charge >= 0.3 is 0 Å². The molecule has 0 unspecified atom stereocenters. The molecule has 2 amide bonds. The van der Waals surface area contributed by atoms with E-state index in [4.69, 9.17) is 9.47 Å². The summed E-state index contributed by atoms with van der Waals surface area (Å²) in [6.07, 6.45) is 5.22.